The van der Waals surface area contributed by atoms with Crippen LogP contribution in [0.5, 0.6) is 0 Å². The van der Waals surface area contributed by atoms with E-state index in [9.17, 15) is 0 Å². The van der Waals surface area contributed by atoms with Crippen LogP contribution >= 0.6 is 0 Å². The van der Waals surface area contributed by atoms with Crippen molar-refractivity contribution >= 4 is 23.7 Å². The van der Waals surface area contributed by atoms with E-state index in [4.69, 9.17) is 5.73 Å². The Morgan fingerprint density at radius 2 is 1.71 bits per heavy atom. The molecule has 0 aliphatic carbocycles. The first-order valence-corrected chi connectivity index (χ1v) is 9.98. The predicted octanol–water partition coefficient (Wildman–Crippen LogP) is 4.69. The maximum atomic E-state index is 6.11. The summed E-state index contributed by atoms with van der Waals surface area (Å²) in [6.45, 7) is 12.9. The lowest BCUT2D eigenvalue weighted by atomic mass is 9.98. The molecule has 0 aliphatic heterocycles. The summed E-state index contributed by atoms with van der Waals surface area (Å²) in [5, 5.41) is 5.83. The van der Waals surface area contributed by atoms with Crippen molar-refractivity contribution in [2.75, 3.05) is 11.1 Å². The number of anilines is 2. The average molecular weight is 371 g/mol. The Labute approximate surface area is 168 Å². The van der Waals surface area contributed by atoms with Gasteiger partial charge in [-0.1, -0.05) is 56.3 Å². The second kappa shape index (κ2) is 8.35. The minimum absolute atomic E-state index is 0.840. The molecule has 0 saturated carbocycles. The lowest BCUT2D eigenvalue weighted by Crippen LogP contribution is -2.29. The average Bonchev–Trinajstić information content (AvgIpc) is 2.68. The van der Waals surface area contributed by atoms with Gasteiger partial charge in [0.1, 0.15) is 0 Å². The van der Waals surface area contributed by atoms with Crippen molar-refractivity contribution in [2.24, 2.45) is 0 Å². The molecule has 0 aliphatic rings. The number of hydrogen-bond donors (Lipinski definition) is 2. The molecular formula is C26H30N2. The number of aryl methyl sites for hydroxylation is 4. The fourth-order valence-electron chi connectivity index (χ4n) is 3.54. The molecule has 0 saturated heterocycles. The van der Waals surface area contributed by atoms with Crippen LogP contribution in [0.3, 0.4) is 0 Å². The summed E-state index contributed by atoms with van der Waals surface area (Å²) in [5.41, 5.74) is 15.2. The Morgan fingerprint density at radius 3 is 2.39 bits per heavy atom. The van der Waals surface area contributed by atoms with Gasteiger partial charge in [0, 0.05) is 22.2 Å². The first kappa shape index (κ1) is 19.8. The van der Waals surface area contributed by atoms with E-state index in [1.54, 1.807) is 0 Å². The molecule has 0 spiro atoms. The van der Waals surface area contributed by atoms with Crippen LogP contribution in [0.1, 0.15) is 41.7 Å². The van der Waals surface area contributed by atoms with Crippen LogP contribution in [0.25, 0.3) is 12.3 Å². The number of nitrogens with two attached hydrogens (primary N) is 1. The molecule has 3 N–H and O–H groups in total. The Morgan fingerprint density at radius 1 is 0.929 bits per heavy atom. The molecule has 0 unspecified atom stereocenters. The van der Waals surface area contributed by atoms with Gasteiger partial charge >= 0.3 is 0 Å². The van der Waals surface area contributed by atoms with Gasteiger partial charge in [-0.2, -0.15) is 0 Å². The second-order valence-corrected chi connectivity index (χ2v) is 7.43. The fraction of sp³-hybridized carbons (Fsp3) is 0.231. The van der Waals surface area contributed by atoms with E-state index in [1.165, 1.54) is 22.3 Å². The summed E-state index contributed by atoms with van der Waals surface area (Å²) in [7, 11) is 0. The Balaban J connectivity index is 2.26. The van der Waals surface area contributed by atoms with Crippen LogP contribution in [-0.4, -0.2) is 0 Å². The number of nitrogen functional groups attached to an aromatic ring is 1. The predicted molar refractivity (Wildman–Crippen MR) is 123 cm³/mol. The SMILES string of the molecule is C=c1cc(C)cc/c1=C(\Nc1ccc(N)c(CC)c1)c1cc(CC)ccc1C. The molecule has 28 heavy (non-hydrogen) atoms. The van der Waals surface area contributed by atoms with Gasteiger partial charge in [-0.3, -0.25) is 0 Å². The zero-order valence-electron chi connectivity index (χ0n) is 17.4. The van der Waals surface area contributed by atoms with Crippen LogP contribution in [-0.2, 0) is 12.8 Å². The molecule has 2 nitrogen and oxygen atoms in total. The van der Waals surface area contributed by atoms with Gasteiger partial charge in [0.25, 0.3) is 0 Å². The van der Waals surface area contributed by atoms with Crippen molar-refractivity contribution in [3.05, 3.63) is 92.9 Å². The highest BCUT2D eigenvalue weighted by Crippen LogP contribution is 2.24. The van der Waals surface area contributed by atoms with Crippen LogP contribution in [0.2, 0.25) is 0 Å². The molecule has 3 aromatic carbocycles. The van der Waals surface area contributed by atoms with Crippen molar-refractivity contribution < 1.29 is 0 Å². The van der Waals surface area contributed by atoms with Gasteiger partial charge in [-0.15, -0.1) is 0 Å². The van der Waals surface area contributed by atoms with Crippen molar-refractivity contribution in [1.29, 1.82) is 0 Å². The molecule has 3 aromatic rings. The quantitative estimate of drug-likeness (QED) is 0.640. The van der Waals surface area contributed by atoms with E-state index >= 15 is 0 Å². The number of rotatable bonds is 5. The minimum Gasteiger partial charge on any atom is -0.399 e. The highest BCUT2D eigenvalue weighted by Gasteiger charge is 2.10. The van der Waals surface area contributed by atoms with Crippen LogP contribution in [0.15, 0.2) is 54.6 Å². The molecule has 0 atom stereocenters. The zero-order chi connectivity index (χ0) is 20.3. The molecule has 3 rings (SSSR count). The van der Waals surface area contributed by atoms with E-state index in [-0.39, 0.29) is 0 Å². The van der Waals surface area contributed by atoms with Crippen LogP contribution < -0.4 is 21.5 Å². The Bertz CT molecular complexity index is 1110. The third kappa shape index (κ3) is 4.12. The molecule has 0 aromatic heterocycles. The lowest BCUT2D eigenvalue weighted by Gasteiger charge is -2.17. The van der Waals surface area contributed by atoms with Gasteiger partial charge < -0.3 is 11.1 Å². The smallest absolute Gasteiger partial charge is 0.0540 e. The van der Waals surface area contributed by atoms with Gasteiger partial charge in [-0.25, -0.2) is 0 Å². The molecule has 0 radical (unpaired) electrons. The normalized spacial score (nSPS) is 12.0. The fourth-order valence-corrected chi connectivity index (χ4v) is 3.54. The summed E-state index contributed by atoms with van der Waals surface area (Å²) in [6.07, 6.45) is 1.92. The van der Waals surface area contributed by atoms with Crippen LogP contribution in [0, 0.1) is 13.8 Å². The standard InChI is InChI=1S/C26H30N2/c1-6-20-10-9-18(4)24(15-20)26(23-12-8-17(3)14-19(23)5)28-22-11-13-25(27)21(7-2)16-22/h8-16,28H,5-7,27H2,1-4H3/b26-23+. The molecule has 0 amide bonds. The lowest BCUT2D eigenvalue weighted by molar-refractivity contribution is 1.13. The molecule has 0 bridgehead atoms. The van der Waals surface area contributed by atoms with Gasteiger partial charge in [0.15, 0.2) is 0 Å². The summed E-state index contributed by atoms with van der Waals surface area (Å²) in [4.78, 5) is 0. The second-order valence-electron chi connectivity index (χ2n) is 7.43. The first-order chi connectivity index (χ1) is 13.4. The van der Waals surface area contributed by atoms with Crippen LogP contribution in [0.4, 0.5) is 11.4 Å². The van der Waals surface area contributed by atoms with Crippen molar-refractivity contribution in [3.8, 4) is 0 Å². The highest BCUT2D eigenvalue weighted by atomic mass is 14.9. The van der Waals surface area contributed by atoms with Crippen molar-refractivity contribution in [2.45, 2.75) is 40.5 Å². The molecular weight excluding hydrogens is 340 g/mol. The summed E-state index contributed by atoms with van der Waals surface area (Å²) in [6, 6.07) is 19.3. The van der Waals surface area contributed by atoms with Gasteiger partial charge in [-0.05, 0) is 72.9 Å². The third-order valence-electron chi connectivity index (χ3n) is 5.30. The largest absolute Gasteiger partial charge is 0.399 e. The van der Waals surface area contributed by atoms with E-state index in [0.29, 0.717) is 0 Å². The summed E-state index contributed by atoms with van der Waals surface area (Å²) < 4.78 is 0. The van der Waals surface area contributed by atoms with E-state index < -0.39 is 0 Å². The van der Waals surface area contributed by atoms with E-state index in [2.05, 4.69) is 82.1 Å². The van der Waals surface area contributed by atoms with E-state index in [1.807, 2.05) is 12.1 Å². The zero-order valence-corrected chi connectivity index (χ0v) is 17.4. The van der Waals surface area contributed by atoms with E-state index in [0.717, 1.165) is 45.9 Å². The maximum Gasteiger partial charge on any atom is 0.0540 e. The maximum absolute atomic E-state index is 6.11. The number of nitrogens with one attached hydrogen (secondary N) is 1. The first-order valence-electron chi connectivity index (χ1n) is 9.98. The molecule has 2 heteroatoms. The van der Waals surface area contributed by atoms with Gasteiger partial charge in [0.2, 0.25) is 0 Å². The Hall–Kier alpha value is -3.00. The van der Waals surface area contributed by atoms with Crippen molar-refractivity contribution in [1.82, 2.24) is 0 Å². The third-order valence-corrected chi connectivity index (χ3v) is 5.30. The minimum atomic E-state index is 0.840. The Kier molecular flexibility index (Phi) is 5.89. The highest BCUT2D eigenvalue weighted by molar-refractivity contribution is 5.79. The molecule has 144 valence electrons. The monoisotopic (exact) mass is 370 g/mol. The summed E-state index contributed by atoms with van der Waals surface area (Å²) in [5.74, 6) is 0. The van der Waals surface area contributed by atoms with Crippen molar-refractivity contribution in [3.63, 3.8) is 0 Å². The summed E-state index contributed by atoms with van der Waals surface area (Å²) >= 11 is 0. The molecule has 0 fully saturated rings. The topological polar surface area (TPSA) is 38.0 Å². The van der Waals surface area contributed by atoms with Gasteiger partial charge in [0.05, 0.1) is 5.70 Å². The molecule has 0 heterocycles. The number of hydrogen-bond acceptors (Lipinski definition) is 2. The number of benzene rings is 3.